The molecule has 1 saturated heterocycles. The third kappa shape index (κ3) is 3.66. The van der Waals surface area contributed by atoms with Gasteiger partial charge in [0.1, 0.15) is 0 Å². The molecule has 0 radical (unpaired) electrons. The van der Waals surface area contributed by atoms with E-state index in [2.05, 4.69) is 32.5 Å². The van der Waals surface area contributed by atoms with Crippen molar-refractivity contribution in [2.45, 2.75) is 38.8 Å². The van der Waals surface area contributed by atoms with Crippen molar-refractivity contribution >= 4 is 11.9 Å². The van der Waals surface area contributed by atoms with Crippen LogP contribution < -0.4 is 15.4 Å². The molecule has 1 aromatic rings. The Hall–Kier alpha value is -1.63. The third-order valence-corrected chi connectivity index (χ3v) is 3.02. The van der Waals surface area contributed by atoms with Crippen molar-refractivity contribution in [1.29, 1.82) is 0 Å². The summed E-state index contributed by atoms with van der Waals surface area (Å²) in [6, 6.07) is 0.536. The first-order chi connectivity index (χ1) is 9.22. The second-order valence-corrected chi connectivity index (χ2v) is 4.51. The number of hydrogen-bond acceptors (Lipinski definition) is 7. The third-order valence-electron chi connectivity index (χ3n) is 3.02. The van der Waals surface area contributed by atoms with Gasteiger partial charge in [-0.3, -0.25) is 0 Å². The summed E-state index contributed by atoms with van der Waals surface area (Å²) in [4.78, 5) is 12.7. The van der Waals surface area contributed by atoms with Crippen LogP contribution in [0.2, 0.25) is 0 Å². The van der Waals surface area contributed by atoms with Gasteiger partial charge in [0, 0.05) is 13.2 Å². The normalized spacial score (nSPS) is 22.3. The van der Waals surface area contributed by atoms with E-state index in [0.717, 1.165) is 26.0 Å². The van der Waals surface area contributed by atoms with Crippen LogP contribution >= 0.6 is 0 Å². The van der Waals surface area contributed by atoms with Crippen LogP contribution in [0.4, 0.5) is 11.9 Å². The Kier molecular flexibility index (Phi) is 4.73. The maximum absolute atomic E-state index is 5.51. The number of rotatable bonds is 6. The summed E-state index contributed by atoms with van der Waals surface area (Å²) < 4.78 is 10.6. The van der Waals surface area contributed by atoms with Gasteiger partial charge in [-0.2, -0.15) is 15.0 Å². The van der Waals surface area contributed by atoms with E-state index >= 15 is 0 Å². The highest BCUT2D eigenvalue weighted by Gasteiger charge is 2.25. The van der Waals surface area contributed by atoms with E-state index < -0.39 is 0 Å². The van der Waals surface area contributed by atoms with Gasteiger partial charge in [0.2, 0.25) is 11.9 Å². The first-order valence-electron chi connectivity index (χ1n) is 6.65. The van der Waals surface area contributed by atoms with E-state index in [4.69, 9.17) is 9.47 Å². The zero-order valence-corrected chi connectivity index (χ0v) is 11.6. The molecular weight excluding hydrogens is 246 g/mol. The number of nitrogens with one attached hydrogen (secondary N) is 2. The molecule has 0 bridgehead atoms. The topological polar surface area (TPSA) is 81.2 Å². The largest absolute Gasteiger partial charge is 0.467 e. The van der Waals surface area contributed by atoms with Gasteiger partial charge in [-0.25, -0.2) is 0 Å². The molecule has 1 fully saturated rings. The van der Waals surface area contributed by atoms with E-state index in [1.54, 1.807) is 7.11 Å². The lowest BCUT2D eigenvalue weighted by Crippen LogP contribution is -2.28. The molecule has 0 spiro atoms. The summed E-state index contributed by atoms with van der Waals surface area (Å²) in [6.45, 7) is 5.71. The summed E-state index contributed by atoms with van der Waals surface area (Å²) in [5, 5.41) is 6.41. The van der Waals surface area contributed by atoms with Gasteiger partial charge in [0.05, 0.1) is 19.3 Å². The molecule has 2 N–H and O–H groups in total. The quantitative estimate of drug-likeness (QED) is 0.803. The average molecular weight is 267 g/mol. The standard InChI is InChI=1S/C12H21N5O2/c1-4-6-13-10-15-11(17-12(16-10)18-3)14-9-5-7-19-8(9)2/h8-9H,4-7H2,1-3H3,(H2,13,14,15,16,17). The van der Waals surface area contributed by atoms with Crippen LogP contribution in [0.25, 0.3) is 0 Å². The number of anilines is 2. The number of methoxy groups -OCH3 is 1. The van der Waals surface area contributed by atoms with Crippen molar-refractivity contribution in [3.05, 3.63) is 0 Å². The lowest BCUT2D eigenvalue weighted by atomic mass is 10.2. The molecule has 0 aromatic carbocycles. The number of aromatic nitrogens is 3. The average Bonchev–Trinajstić information content (AvgIpc) is 2.81. The van der Waals surface area contributed by atoms with Crippen LogP contribution in [0, 0.1) is 0 Å². The molecule has 7 heteroatoms. The molecule has 1 aliphatic heterocycles. The summed E-state index contributed by atoms with van der Waals surface area (Å²) in [5.41, 5.74) is 0. The molecule has 2 rings (SSSR count). The molecule has 2 unspecified atom stereocenters. The van der Waals surface area contributed by atoms with Gasteiger partial charge in [-0.1, -0.05) is 6.92 Å². The highest BCUT2D eigenvalue weighted by Crippen LogP contribution is 2.18. The van der Waals surface area contributed by atoms with Crippen LogP contribution in [0.15, 0.2) is 0 Å². The molecular formula is C12H21N5O2. The fourth-order valence-corrected chi connectivity index (χ4v) is 1.92. The molecule has 0 amide bonds. The van der Waals surface area contributed by atoms with Gasteiger partial charge in [-0.05, 0) is 19.8 Å². The van der Waals surface area contributed by atoms with E-state index in [9.17, 15) is 0 Å². The van der Waals surface area contributed by atoms with Crippen molar-refractivity contribution in [3.8, 4) is 6.01 Å². The minimum absolute atomic E-state index is 0.162. The van der Waals surface area contributed by atoms with Gasteiger partial charge in [-0.15, -0.1) is 0 Å². The zero-order valence-electron chi connectivity index (χ0n) is 11.6. The Morgan fingerprint density at radius 3 is 2.74 bits per heavy atom. The van der Waals surface area contributed by atoms with Crippen molar-refractivity contribution in [2.24, 2.45) is 0 Å². The molecule has 2 heterocycles. The van der Waals surface area contributed by atoms with Crippen molar-refractivity contribution in [1.82, 2.24) is 15.0 Å². The lowest BCUT2D eigenvalue weighted by Gasteiger charge is -2.16. The van der Waals surface area contributed by atoms with Crippen LogP contribution in [-0.2, 0) is 4.74 Å². The first-order valence-corrected chi connectivity index (χ1v) is 6.65. The predicted octanol–water partition coefficient (Wildman–Crippen LogP) is 1.29. The van der Waals surface area contributed by atoms with Crippen LogP contribution in [0.5, 0.6) is 6.01 Å². The summed E-state index contributed by atoms with van der Waals surface area (Å²) in [5.74, 6) is 1.05. The van der Waals surface area contributed by atoms with E-state index in [1.165, 1.54) is 0 Å². The second kappa shape index (κ2) is 6.51. The molecule has 19 heavy (non-hydrogen) atoms. The van der Waals surface area contributed by atoms with E-state index in [-0.39, 0.29) is 12.1 Å². The maximum Gasteiger partial charge on any atom is 0.322 e. The monoisotopic (exact) mass is 267 g/mol. The second-order valence-electron chi connectivity index (χ2n) is 4.51. The van der Waals surface area contributed by atoms with Gasteiger partial charge >= 0.3 is 6.01 Å². The van der Waals surface area contributed by atoms with Crippen LogP contribution in [0.1, 0.15) is 26.7 Å². The molecule has 0 saturated carbocycles. The minimum Gasteiger partial charge on any atom is -0.467 e. The molecule has 7 nitrogen and oxygen atoms in total. The van der Waals surface area contributed by atoms with E-state index in [1.807, 2.05) is 6.92 Å². The molecule has 1 aromatic heterocycles. The summed E-state index contributed by atoms with van der Waals surface area (Å²) in [6.07, 6.45) is 2.12. The zero-order chi connectivity index (χ0) is 13.7. The molecule has 106 valence electrons. The SMILES string of the molecule is CCCNc1nc(NC2CCOC2C)nc(OC)n1. The van der Waals surface area contributed by atoms with Gasteiger partial charge < -0.3 is 20.1 Å². The number of ether oxygens (including phenoxy) is 2. The van der Waals surface area contributed by atoms with Crippen molar-refractivity contribution in [3.63, 3.8) is 0 Å². The Morgan fingerprint density at radius 2 is 2.11 bits per heavy atom. The minimum atomic E-state index is 0.162. The summed E-state index contributed by atoms with van der Waals surface area (Å²) >= 11 is 0. The Labute approximate surface area is 113 Å². The fourth-order valence-electron chi connectivity index (χ4n) is 1.92. The maximum atomic E-state index is 5.51. The molecule has 0 aliphatic carbocycles. The fraction of sp³-hybridized carbons (Fsp3) is 0.750. The smallest absolute Gasteiger partial charge is 0.322 e. The van der Waals surface area contributed by atoms with Crippen molar-refractivity contribution < 1.29 is 9.47 Å². The highest BCUT2D eigenvalue weighted by atomic mass is 16.5. The Bertz CT molecular complexity index is 415. The first kappa shape index (κ1) is 13.8. The Balaban J connectivity index is 2.09. The van der Waals surface area contributed by atoms with Gasteiger partial charge in [0.15, 0.2) is 0 Å². The highest BCUT2D eigenvalue weighted by molar-refractivity contribution is 5.37. The van der Waals surface area contributed by atoms with E-state index in [0.29, 0.717) is 17.9 Å². The van der Waals surface area contributed by atoms with Crippen LogP contribution in [0.3, 0.4) is 0 Å². The molecule has 2 atom stereocenters. The summed E-state index contributed by atoms with van der Waals surface area (Å²) in [7, 11) is 1.55. The lowest BCUT2D eigenvalue weighted by molar-refractivity contribution is 0.121. The predicted molar refractivity (Wildman–Crippen MR) is 72.6 cm³/mol. The van der Waals surface area contributed by atoms with Crippen molar-refractivity contribution in [2.75, 3.05) is 30.9 Å². The van der Waals surface area contributed by atoms with Crippen LogP contribution in [-0.4, -0.2) is 47.4 Å². The Morgan fingerprint density at radius 1 is 1.32 bits per heavy atom. The number of hydrogen-bond donors (Lipinski definition) is 2. The molecule has 1 aliphatic rings. The van der Waals surface area contributed by atoms with Gasteiger partial charge in [0.25, 0.3) is 0 Å². The number of nitrogens with zero attached hydrogens (tertiary/aromatic N) is 3.